The molecular weight excluding hydrogens is 188 g/mol. The van der Waals surface area contributed by atoms with Crippen molar-refractivity contribution in [1.29, 1.82) is 0 Å². The van der Waals surface area contributed by atoms with Crippen molar-refractivity contribution in [3.8, 4) is 0 Å². The number of rotatable bonds is 1. The number of fused-ring (bicyclic) bond motifs is 3. The lowest BCUT2D eigenvalue weighted by Crippen LogP contribution is -2.56. The molecule has 3 aliphatic carbocycles. The Balaban J connectivity index is 2.32. The lowest BCUT2D eigenvalue weighted by Gasteiger charge is -2.60. The smallest absolute Gasteiger partial charge is 0.0160 e. The summed E-state index contributed by atoms with van der Waals surface area (Å²) in [6, 6.07) is 0. The first kappa shape index (κ1) is 10.9. The third-order valence-corrected chi connectivity index (χ3v) is 6.30. The monoisotopic (exact) mass is 212 g/mol. The van der Waals surface area contributed by atoms with Crippen LogP contribution in [0.5, 0.6) is 0 Å². The minimum atomic E-state index is 0.280. The molecule has 5 atom stereocenters. The van der Waals surface area contributed by atoms with E-state index in [9.17, 15) is 0 Å². The maximum Gasteiger partial charge on any atom is 0.0160 e. The van der Waals surface area contributed by atoms with E-state index in [0.29, 0.717) is 5.41 Å². The molecule has 3 aliphatic rings. The molecule has 0 radical (unpaired) electrons. The van der Waals surface area contributed by atoms with Crippen LogP contribution in [-0.4, -0.2) is 4.75 Å². The van der Waals surface area contributed by atoms with Crippen molar-refractivity contribution in [2.75, 3.05) is 0 Å². The second-order valence-corrected chi connectivity index (χ2v) is 6.94. The van der Waals surface area contributed by atoms with Gasteiger partial charge in [-0.25, -0.2) is 0 Å². The van der Waals surface area contributed by atoms with E-state index in [1.165, 1.54) is 25.7 Å². The Labute approximate surface area is 94.3 Å². The van der Waals surface area contributed by atoms with Crippen molar-refractivity contribution in [3.63, 3.8) is 0 Å². The molecule has 0 aromatic carbocycles. The zero-order chi connectivity index (χ0) is 10.6. The van der Waals surface area contributed by atoms with Crippen molar-refractivity contribution in [2.24, 2.45) is 23.2 Å². The minimum Gasteiger partial charge on any atom is -0.172 e. The summed E-state index contributed by atoms with van der Waals surface area (Å²) in [4.78, 5) is 0. The Morgan fingerprint density at radius 1 is 1.36 bits per heavy atom. The SMILES string of the molecule is CCC12CC(C(C)CC[C@]1(C)S)C2C. The van der Waals surface area contributed by atoms with Crippen molar-refractivity contribution >= 4 is 12.6 Å². The van der Waals surface area contributed by atoms with Crippen molar-refractivity contribution in [2.45, 2.75) is 58.1 Å². The molecule has 0 nitrogen and oxygen atoms in total. The molecule has 0 saturated heterocycles. The zero-order valence-corrected chi connectivity index (χ0v) is 10.9. The van der Waals surface area contributed by atoms with E-state index in [1.807, 2.05) is 0 Å². The van der Waals surface area contributed by atoms with Crippen LogP contribution in [-0.2, 0) is 0 Å². The first-order valence-corrected chi connectivity index (χ1v) is 6.62. The summed E-state index contributed by atoms with van der Waals surface area (Å²) >= 11 is 4.99. The van der Waals surface area contributed by atoms with Gasteiger partial charge in [0.1, 0.15) is 0 Å². The molecular formula is C13H24S. The maximum atomic E-state index is 4.99. The highest BCUT2D eigenvalue weighted by atomic mass is 32.1. The second-order valence-electron chi connectivity index (χ2n) is 5.96. The first-order chi connectivity index (χ1) is 6.44. The summed E-state index contributed by atoms with van der Waals surface area (Å²) < 4.78 is 0.280. The van der Waals surface area contributed by atoms with Crippen LogP contribution in [0.1, 0.15) is 53.4 Å². The Morgan fingerprint density at radius 2 is 2.00 bits per heavy atom. The van der Waals surface area contributed by atoms with Crippen LogP contribution >= 0.6 is 12.6 Å². The van der Waals surface area contributed by atoms with Crippen LogP contribution in [0.4, 0.5) is 0 Å². The highest BCUT2D eigenvalue weighted by molar-refractivity contribution is 7.81. The number of hydrogen-bond acceptors (Lipinski definition) is 1. The van der Waals surface area contributed by atoms with Gasteiger partial charge in [-0.1, -0.05) is 27.7 Å². The normalized spacial score (nSPS) is 57.6. The molecule has 82 valence electrons. The quantitative estimate of drug-likeness (QED) is 0.620. The second kappa shape index (κ2) is 3.17. The van der Waals surface area contributed by atoms with E-state index in [1.54, 1.807) is 0 Å². The number of thiol groups is 1. The third-order valence-electron chi connectivity index (χ3n) is 5.63. The van der Waals surface area contributed by atoms with Crippen molar-refractivity contribution in [3.05, 3.63) is 0 Å². The lowest BCUT2D eigenvalue weighted by molar-refractivity contribution is -0.0669. The molecule has 0 aromatic heterocycles. The summed E-state index contributed by atoms with van der Waals surface area (Å²) in [6.07, 6.45) is 5.45. The highest BCUT2D eigenvalue weighted by Crippen LogP contribution is 2.67. The van der Waals surface area contributed by atoms with Gasteiger partial charge in [0.25, 0.3) is 0 Å². The van der Waals surface area contributed by atoms with Gasteiger partial charge in [0.2, 0.25) is 0 Å². The van der Waals surface area contributed by atoms with E-state index < -0.39 is 0 Å². The van der Waals surface area contributed by atoms with E-state index >= 15 is 0 Å². The van der Waals surface area contributed by atoms with Crippen LogP contribution in [0.3, 0.4) is 0 Å². The highest BCUT2D eigenvalue weighted by Gasteiger charge is 2.61. The molecule has 0 heterocycles. The average Bonchev–Trinajstić information content (AvgIpc) is 2.26. The van der Waals surface area contributed by atoms with Gasteiger partial charge in [0, 0.05) is 4.75 Å². The maximum absolute atomic E-state index is 4.99. The summed E-state index contributed by atoms with van der Waals surface area (Å²) in [5, 5.41) is 0. The largest absolute Gasteiger partial charge is 0.172 e. The van der Waals surface area contributed by atoms with Gasteiger partial charge in [-0.3, -0.25) is 0 Å². The first-order valence-electron chi connectivity index (χ1n) is 6.17. The molecule has 4 unspecified atom stereocenters. The molecule has 2 bridgehead atoms. The van der Waals surface area contributed by atoms with Gasteiger partial charge in [-0.05, 0) is 48.9 Å². The number of hydrogen-bond donors (Lipinski definition) is 1. The average molecular weight is 212 g/mol. The Bertz CT molecular complexity index is 233. The molecule has 0 aliphatic heterocycles. The van der Waals surface area contributed by atoms with Crippen LogP contribution in [0, 0.1) is 23.2 Å². The summed E-state index contributed by atoms with van der Waals surface area (Å²) in [5.74, 6) is 2.81. The third kappa shape index (κ3) is 1.14. The van der Waals surface area contributed by atoms with Gasteiger partial charge in [-0.2, -0.15) is 12.6 Å². The fourth-order valence-corrected chi connectivity index (χ4v) is 4.84. The summed E-state index contributed by atoms with van der Waals surface area (Å²) in [5.41, 5.74) is 0.547. The van der Waals surface area contributed by atoms with Crippen molar-refractivity contribution < 1.29 is 0 Å². The Hall–Kier alpha value is 0.350. The van der Waals surface area contributed by atoms with Gasteiger partial charge in [0.05, 0.1) is 0 Å². The van der Waals surface area contributed by atoms with Gasteiger partial charge < -0.3 is 0 Å². The topological polar surface area (TPSA) is 0 Å². The Kier molecular flexibility index (Phi) is 2.46. The van der Waals surface area contributed by atoms with Gasteiger partial charge in [0.15, 0.2) is 0 Å². The molecule has 1 heteroatoms. The standard InChI is InChI=1S/C13H24S/c1-5-13-8-11(10(13)3)9(2)6-7-12(13,4)14/h9-11,14H,5-8H2,1-4H3/t9?,10?,11?,12-,13?/m0/s1. The Morgan fingerprint density at radius 3 is 2.50 bits per heavy atom. The van der Waals surface area contributed by atoms with Crippen LogP contribution in [0.2, 0.25) is 0 Å². The molecule has 0 N–H and O–H groups in total. The molecule has 3 saturated carbocycles. The molecule has 3 fully saturated rings. The molecule has 14 heavy (non-hydrogen) atoms. The fourth-order valence-electron chi connectivity index (χ4n) is 4.26. The van der Waals surface area contributed by atoms with Gasteiger partial charge in [-0.15, -0.1) is 0 Å². The fraction of sp³-hybridized carbons (Fsp3) is 1.00. The molecule has 0 amide bonds. The van der Waals surface area contributed by atoms with Crippen LogP contribution in [0.15, 0.2) is 0 Å². The molecule has 0 spiro atoms. The van der Waals surface area contributed by atoms with Crippen LogP contribution in [0.25, 0.3) is 0 Å². The summed E-state index contributed by atoms with van der Waals surface area (Å²) in [6.45, 7) is 9.64. The van der Waals surface area contributed by atoms with Crippen LogP contribution < -0.4 is 0 Å². The lowest BCUT2D eigenvalue weighted by atomic mass is 9.48. The minimum absolute atomic E-state index is 0.280. The summed E-state index contributed by atoms with van der Waals surface area (Å²) in [7, 11) is 0. The van der Waals surface area contributed by atoms with E-state index in [-0.39, 0.29) is 4.75 Å². The predicted molar refractivity (Wildman–Crippen MR) is 65.8 cm³/mol. The van der Waals surface area contributed by atoms with Crippen molar-refractivity contribution in [1.82, 2.24) is 0 Å². The molecule has 0 aromatic rings. The van der Waals surface area contributed by atoms with E-state index in [4.69, 9.17) is 12.6 Å². The van der Waals surface area contributed by atoms with E-state index in [2.05, 4.69) is 27.7 Å². The zero-order valence-electron chi connectivity index (χ0n) is 10.0. The molecule has 3 rings (SSSR count). The predicted octanol–water partition coefficient (Wildman–Crippen LogP) is 4.16. The van der Waals surface area contributed by atoms with E-state index in [0.717, 1.165) is 17.8 Å². The van der Waals surface area contributed by atoms with Gasteiger partial charge >= 0.3 is 0 Å².